The van der Waals surface area contributed by atoms with Crippen molar-refractivity contribution in [3.63, 3.8) is 0 Å². The van der Waals surface area contributed by atoms with E-state index in [2.05, 4.69) is 39.6 Å². The van der Waals surface area contributed by atoms with E-state index in [4.69, 9.17) is 14.2 Å². The summed E-state index contributed by atoms with van der Waals surface area (Å²) in [6.45, 7) is 9.96. The molecule has 2 rings (SSSR count). The van der Waals surface area contributed by atoms with E-state index in [0.29, 0.717) is 25.7 Å². The van der Waals surface area contributed by atoms with Gasteiger partial charge in [0.25, 0.3) is 0 Å². The molecule has 0 saturated carbocycles. The number of benzene rings is 1. The van der Waals surface area contributed by atoms with Crippen LogP contribution in [0.1, 0.15) is 38.2 Å². The molecule has 1 aromatic carbocycles. The van der Waals surface area contributed by atoms with Gasteiger partial charge >= 0.3 is 0 Å². The number of ether oxygens (including phenoxy) is 3. The summed E-state index contributed by atoms with van der Waals surface area (Å²) >= 11 is 0. The molecule has 1 aliphatic rings. The first-order chi connectivity index (χ1) is 15.2. The monoisotopic (exact) mass is 562 g/mol. The number of halogens is 1. The number of hydrogen-bond donors (Lipinski definition) is 2. The van der Waals surface area contributed by atoms with Crippen molar-refractivity contribution in [3.8, 4) is 5.75 Å². The van der Waals surface area contributed by atoms with Crippen molar-refractivity contribution in [2.45, 2.75) is 39.2 Å². The molecule has 8 heteroatoms. The molecule has 0 spiro atoms. The Morgan fingerprint density at radius 2 is 1.72 bits per heavy atom. The number of likely N-dealkylation sites (tertiary alicyclic amines) is 1. The Morgan fingerprint density at radius 3 is 2.34 bits per heavy atom. The first kappa shape index (κ1) is 28.9. The fourth-order valence-electron chi connectivity index (χ4n) is 3.61. The number of methoxy groups -OCH3 is 1. The van der Waals surface area contributed by atoms with E-state index < -0.39 is 0 Å². The smallest absolute Gasteiger partial charge is 0.191 e. The topological polar surface area (TPSA) is 67.4 Å². The van der Waals surface area contributed by atoms with E-state index in [1.54, 1.807) is 7.11 Å². The van der Waals surface area contributed by atoms with Crippen LogP contribution in [0.15, 0.2) is 29.3 Å². The molecule has 2 N–H and O–H groups in total. The number of aliphatic imine (C=N–C) groups is 1. The Kier molecular flexibility index (Phi) is 16.6. The lowest BCUT2D eigenvalue weighted by Gasteiger charge is -2.32. The molecule has 0 unspecified atom stereocenters. The lowest BCUT2D eigenvalue weighted by atomic mass is 9.96. The molecule has 0 aliphatic carbocycles. The molecule has 1 aliphatic heterocycles. The molecule has 1 heterocycles. The second kappa shape index (κ2) is 18.3. The number of rotatable bonds is 14. The summed E-state index contributed by atoms with van der Waals surface area (Å²) in [5, 5.41) is 6.79. The average molecular weight is 563 g/mol. The van der Waals surface area contributed by atoms with Crippen LogP contribution < -0.4 is 15.4 Å². The van der Waals surface area contributed by atoms with Gasteiger partial charge in [0, 0.05) is 33.3 Å². The molecule has 1 aromatic rings. The lowest BCUT2D eigenvalue weighted by molar-refractivity contribution is 0.0487. The van der Waals surface area contributed by atoms with E-state index in [1.807, 2.05) is 19.2 Å². The van der Waals surface area contributed by atoms with Gasteiger partial charge in [0.1, 0.15) is 5.75 Å². The maximum Gasteiger partial charge on any atom is 0.191 e. The van der Waals surface area contributed by atoms with Crippen molar-refractivity contribution in [3.05, 3.63) is 29.8 Å². The van der Waals surface area contributed by atoms with Crippen molar-refractivity contribution in [1.82, 2.24) is 15.5 Å². The van der Waals surface area contributed by atoms with Crippen LogP contribution >= 0.6 is 24.0 Å². The van der Waals surface area contributed by atoms with E-state index in [1.165, 1.54) is 24.8 Å². The van der Waals surface area contributed by atoms with Gasteiger partial charge in [-0.3, -0.25) is 9.89 Å². The molecule has 1 fully saturated rings. The van der Waals surface area contributed by atoms with Gasteiger partial charge in [-0.15, -0.1) is 24.0 Å². The number of hydrogen-bond acceptors (Lipinski definition) is 5. The van der Waals surface area contributed by atoms with Gasteiger partial charge in [0.2, 0.25) is 0 Å². The van der Waals surface area contributed by atoms with Crippen molar-refractivity contribution >= 4 is 29.9 Å². The summed E-state index contributed by atoms with van der Waals surface area (Å²) < 4.78 is 16.3. The molecule has 1 saturated heterocycles. The summed E-state index contributed by atoms with van der Waals surface area (Å²) in [6, 6.07) is 8.39. The number of guanidine groups is 1. The van der Waals surface area contributed by atoms with Crippen molar-refractivity contribution in [1.29, 1.82) is 0 Å². The highest BCUT2D eigenvalue weighted by Gasteiger charge is 2.19. The lowest BCUT2D eigenvalue weighted by Crippen LogP contribution is -2.43. The standard InChI is InChI=1S/C24H42N4O3.HI/c1-4-5-15-30-17-18-31-16-12-26-24(25-2)27-19-21-10-13-28(14-11-21)20-22-6-8-23(29-3)9-7-22;/h6-9,21H,4-5,10-20H2,1-3H3,(H2,25,26,27);1H. The van der Waals surface area contributed by atoms with Crippen molar-refractivity contribution in [2.75, 3.05) is 66.8 Å². The number of nitrogens with one attached hydrogen (secondary N) is 2. The first-order valence-corrected chi connectivity index (χ1v) is 11.7. The predicted molar refractivity (Wildman–Crippen MR) is 142 cm³/mol. The average Bonchev–Trinajstić information content (AvgIpc) is 2.81. The van der Waals surface area contributed by atoms with Crippen LogP contribution in [0.2, 0.25) is 0 Å². The zero-order chi connectivity index (χ0) is 22.2. The molecule has 0 amide bonds. The molecular weight excluding hydrogens is 519 g/mol. The number of nitrogens with zero attached hydrogens (tertiary/aromatic N) is 2. The summed E-state index contributed by atoms with van der Waals surface area (Å²) in [4.78, 5) is 6.85. The molecule has 7 nitrogen and oxygen atoms in total. The third-order valence-corrected chi connectivity index (χ3v) is 5.61. The van der Waals surface area contributed by atoms with Crippen LogP contribution in [0.3, 0.4) is 0 Å². The second-order valence-electron chi connectivity index (χ2n) is 8.03. The summed E-state index contributed by atoms with van der Waals surface area (Å²) in [6.07, 6.45) is 4.70. The van der Waals surface area contributed by atoms with Crippen LogP contribution in [0.5, 0.6) is 5.75 Å². The number of piperidine rings is 1. The quantitative estimate of drug-likeness (QED) is 0.157. The molecular formula is C24H43IN4O3. The highest BCUT2D eigenvalue weighted by molar-refractivity contribution is 14.0. The Bertz CT molecular complexity index is 608. The largest absolute Gasteiger partial charge is 0.497 e. The minimum absolute atomic E-state index is 0. The van der Waals surface area contributed by atoms with E-state index in [-0.39, 0.29) is 24.0 Å². The zero-order valence-electron chi connectivity index (χ0n) is 20.1. The molecule has 184 valence electrons. The van der Waals surface area contributed by atoms with E-state index in [0.717, 1.165) is 57.5 Å². The first-order valence-electron chi connectivity index (χ1n) is 11.7. The van der Waals surface area contributed by atoms with E-state index in [9.17, 15) is 0 Å². The Hall–Kier alpha value is -1.10. The Balaban J connectivity index is 0.00000512. The van der Waals surface area contributed by atoms with Crippen LogP contribution in [0.4, 0.5) is 0 Å². The molecule has 32 heavy (non-hydrogen) atoms. The molecule has 0 aromatic heterocycles. The fraction of sp³-hybridized carbons (Fsp3) is 0.708. The zero-order valence-corrected chi connectivity index (χ0v) is 22.4. The highest BCUT2D eigenvalue weighted by atomic mass is 127. The highest BCUT2D eigenvalue weighted by Crippen LogP contribution is 2.19. The third kappa shape index (κ3) is 12.2. The molecule has 0 bridgehead atoms. The van der Waals surface area contributed by atoms with Gasteiger partial charge in [0.05, 0.1) is 26.9 Å². The minimum Gasteiger partial charge on any atom is -0.497 e. The van der Waals surface area contributed by atoms with E-state index >= 15 is 0 Å². The normalized spacial score (nSPS) is 15.3. The van der Waals surface area contributed by atoms with Gasteiger partial charge in [-0.2, -0.15) is 0 Å². The Morgan fingerprint density at radius 1 is 1.03 bits per heavy atom. The minimum atomic E-state index is 0. The number of unbranched alkanes of at least 4 members (excludes halogenated alkanes) is 1. The van der Waals surface area contributed by atoms with Crippen molar-refractivity contribution < 1.29 is 14.2 Å². The Labute approximate surface area is 211 Å². The van der Waals surface area contributed by atoms with Crippen LogP contribution in [0.25, 0.3) is 0 Å². The SMILES string of the molecule is CCCCOCCOCCNC(=NC)NCC1CCN(Cc2ccc(OC)cc2)CC1.I. The third-order valence-electron chi connectivity index (χ3n) is 5.61. The summed E-state index contributed by atoms with van der Waals surface area (Å²) in [5.74, 6) is 2.45. The maximum absolute atomic E-state index is 5.59. The maximum atomic E-state index is 5.59. The van der Waals surface area contributed by atoms with Crippen molar-refractivity contribution in [2.24, 2.45) is 10.9 Å². The van der Waals surface area contributed by atoms with Gasteiger partial charge in [-0.1, -0.05) is 25.5 Å². The fourth-order valence-corrected chi connectivity index (χ4v) is 3.61. The van der Waals surface area contributed by atoms with Crippen LogP contribution in [0, 0.1) is 5.92 Å². The summed E-state index contributed by atoms with van der Waals surface area (Å²) in [7, 11) is 3.52. The van der Waals surface area contributed by atoms with Gasteiger partial charge in [-0.05, 0) is 56.0 Å². The molecule has 0 atom stereocenters. The van der Waals surface area contributed by atoms with Gasteiger partial charge < -0.3 is 24.8 Å². The van der Waals surface area contributed by atoms with Crippen LogP contribution in [-0.4, -0.2) is 77.6 Å². The second-order valence-corrected chi connectivity index (χ2v) is 8.03. The summed E-state index contributed by atoms with van der Waals surface area (Å²) in [5.41, 5.74) is 1.34. The van der Waals surface area contributed by atoms with Gasteiger partial charge in [-0.25, -0.2) is 0 Å². The van der Waals surface area contributed by atoms with Crippen LogP contribution in [-0.2, 0) is 16.0 Å². The molecule has 0 radical (unpaired) electrons. The predicted octanol–water partition coefficient (Wildman–Crippen LogP) is 3.52. The van der Waals surface area contributed by atoms with Gasteiger partial charge in [0.15, 0.2) is 5.96 Å².